The predicted octanol–water partition coefficient (Wildman–Crippen LogP) is 4.70. The molecule has 0 bridgehead atoms. The lowest BCUT2D eigenvalue weighted by Gasteiger charge is -2.12. The van der Waals surface area contributed by atoms with E-state index in [2.05, 4.69) is 10.6 Å². The Hall–Kier alpha value is -2.48. The molecule has 0 aliphatic rings. The molecule has 0 heterocycles. The van der Waals surface area contributed by atoms with E-state index in [-0.39, 0.29) is 23.9 Å². The Morgan fingerprint density at radius 1 is 1.12 bits per heavy atom. The van der Waals surface area contributed by atoms with Gasteiger partial charge in [0, 0.05) is 0 Å². The number of urea groups is 1. The molecule has 9 heteroatoms. The Kier molecular flexibility index (Phi) is 6.08. The van der Waals surface area contributed by atoms with Crippen LogP contribution in [0.15, 0.2) is 42.5 Å². The van der Waals surface area contributed by atoms with E-state index in [4.69, 9.17) is 16.3 Å². The lowest BCUT2D eigenvalue weighted by atomic mass is 10.2. The van der Waals surface area contributed by atoms with Crippen LogP contribution in [0.4, 0.5) is 28.0 Å². The van der Waals surface area contributed by atoms with Gasteiger partial charge < -0.3 is 15.4 Å². The molecule has 2 rings (SSSR count). The first-order valence-corrected chi connectivity index (χ1v) is 7.43. The van der Waals surface area contributed by atoms with Crippen molar-refractivity contribution >= 4 is 23.3 Å². The SMILES string of the molecule is O=C(NCCOc1ccc(F)cc1)Nc1cc(C(F)(F)F)ccc1Cl. The van der Waals surface area contributed by atoms with Crippen molar-refractivity contribution in [1.82, 2.24) is 5.32 Å². The fraction of sp³-hybridized carbons (Fsp3) is 0.188. The average Bonchev–Trinajstić information content (AvgIpc) is 2.54. The minimum Gasteiger partial charge on any atom is -0.492 e. The summed E-state index contributed by atoms with van der Waals surface area (Å²) in [5.74, 6) is 0.0207. The molecule has 0 aromatic heterocycles. The maximum absolute atomic E-state index is 12.7. The molecular weight excluding hydrogens is 364 g/mol. The molecule has 0 unspecified atom stereocenters. The molecule has 2 aromatic rings. The van der Waals surface area contributed by atoms with E-state index in [1.165, 1.54) is 24.3 Å². The molecule has 2 amide bonds. The van der Waals surface area contributed by atoms with Gasteiger partial charge in [-0.05, 0) is 42.5 Å². The van der Waals surface area contributed by atoms with Gasteiger partial charge in [-0.15, -0.1) is 0 Å². The number of carbonyl (C=O) groups is 1. The third-order valence-corrected chi connectivity index (χ3v) is 3.34. The van der Waals surface area contributed by atoms with Crippen molar-refractivity contribution in [3.8, 4) is 5.75 Å². The highest BCUT2D eigenvalue weighted by Crippen LogP contribution is 2.33. The van der Waals surface area contributed by atoms with Crippen LogP contribution in [-0.2, 0) is 6.18 Å². The van der Waals surface area contributed by atoms with E-state index in [0.717, 1.165) is 18.2 Å². The summed E-state index contributed by atoms with van der Waals surface area (Å²) in [5.41, 5.74) is -1.08. The first-order valence-electron chi connectivity index (χ1n) is 7.05. The van der Waals surface area contributed by atoms with E-state index in [1.54, 1.807) is 0 Å². The fourth-order valence-corrected chi connectivity index (χ4v) is 1.99. The highest BCUT2D eigenvalue weighted by molar-refractivity contribution is 6.33. The van der Waals surface area contributed by atoms with Gasteiger partial charge in [0.25, 0.3) is 0 Å². The van der Waals surface area contributed by atoms with E-state index >= 15 is 0 Å². The number of alkyl halides is 3. The molecule has 0 atom stereocenters. The number of hydrogen-bond donors (Lipinski definition) is 2. The zero-order valence-electron chi connectivity index (χ0n) is 12.7. The third-order valence-electron chi connectivity index (χ3n) is 3.01. The van der Waals surface area contributed by atoms with Crippen LogP contribution >= 0.6 is 11.6 Å². The number of anilines is 1. The van der Waals surface area contributed by atoms with Crippen LogP contribution in [0.2, 0.25) is 5.02 Å². The molecular formula is C16H13ClF4N2O2. The zero-order chi connectivity index (χ0) is 18.4. The van der Waals surface area contributed by atoms with Crippen LogP contribution in [0.5, 0.6) is 5.75 Å². The normalized spacial score (nSPS) is 11.1. The first kappa shape index (κ1) is 18.9. The van der Waals surface area contributed by atoms with Crippen LogP contribution in [0.25, 0.3) is 0 Å². The third kappa shape index (κ3) is 5.82. The van der Waals surface area contributed by atoms with Crippen LogP contribution < -0.4 is 15.4 Å². The average molecular weight is 377 g/mol. The largest absolute Gasteiger partial charge is 0.492 e. The van der Waals surface area contributed by atoms with Crippen molar-refractivity contribution in [2.24, 2.45) is 0 Å². The van der Waals surface area contributed by atoms with Crippen LogP contribution in [-0.4, -0.2) is 19.2 Å². The minimum absolute atomic E-state index is 0.0225. The summed E-state index contributed by atoms with van der Waals surface area (Å²) in [6, 6.07) is 7.20. The second kappa shape index (κ2) is 8.06. The summed E-state index contributed by atoms with van der Waals surface area (Å²) in [4.78, 5) is 11.7. The molecule has 25 heavy (non-hydrogen) atoms. The summed E-state index contributed by atoms with van der Waals surface area (Å²) in [6.07, 6.45) is -4.54. The molecule has 0 saturated carbocycles. The number of halogens is 5. The number of rotatable bonds is 5. The lowest BCUT2D eigenvalue weighted by Crippen LogP contribution is -2.32. The smallest absolute Gasteiger partial charge is 0.416 e. The molecule has 4 nitrogen and oxygen atoms in total. The number of nitrogens with one attached hydrogen (secondary N) is 2. The van der Waals surface area contributed by atoms with Gasteiger partial charge in [0.2, 0.25) is 0 Å². The Morgan fingerprint density at radius 2 is 1.80 bits per heavy atom. The quantitative estimate of drug-likeness (QED) is 0.587. The van der Waals surface area contributed by atoms with Gasteiger partial charge in [-0.3, -0.25) is 0 Å². The van der Waals surface area contributed by atoms with Crippen molar-refractivity contribution in [1.29, 1.82) is 0 Å². The highest BCUT2D eigenvalue weighted by Gasteiger charge is 2.31. The monoisotopic (exact) mass is 376 g/mol. The maximum atomic E-state index is 12.7. The van der Waals surface area contributed by atoms with Crippen molar-refractivity contribution in [2.75, 3.05) is 18.5 Å². The first-order chi connectivity index (χ1) is 11.8. The zero-order valence-corrected chi connectivity index (χ0v) is 13.4. The Morgan fingerprint density at radius 3 is 2.44 bits per heavy atom. The Balaban J connectivity index is 1.83. The molecule has 134 valence electrons. The molecule has 0 fully saturated rings. The van der Waals surface area contributed by atoms with E-state index in [0.29, 0.717) is 5.75 Å². The fourth-order valence-electron chi connectivity index (χ4n) is 1.83. The van der Waals surface area contributed by atoms with Crippen molar-refractivity contribution in [3.05, 3.63) is 58.9 Å². The second-order valence-electron chi connectivity index (χ2n) is 4.88. The van der Waals surface area contributed by atoms with Crippen molar-refractivity contribution in [3.63, 3.8) is 0 Å². The van der Waals surface area contributed by atoms with Gasteiger partial charge in [0.15, 0.2) is 0 Å². The van der Waals surface area contributed by atoms with Gasteiger partial charge in [-0.2, -0.15) is 13.2 Å². The predicted molar refractivity (Wildman–Crippen MR) is 85.4 cm³/mol. The van der Waals surface area contributed by atoms with Crippen LogP contribution in [0.3, 0.4) is 0 Å². The van der Waals surface area contributed by atoms with Gasteiger partial charge in [-0.1, -0.05) is 11.6 Å². The summed E-state index contributed by atoms with van der Waals surface area (Å²) in [7, 11) is 0. The Bertz CT molecular complexity index is 736. The van der Waals surface area contributed by atoms with Gasteiger partial charge in [0.1, 0.15) is 18.2 Å². The molecule has 2 aromatic carbocycles. The Labute approximate surface area is 145 Å². The molecule has 0 radical (unpaired) electrons. The van der Waals surface area contributed by atoms with Crippen molar-refractivity contribution in [2.45, 2.75) is 6.18 Å². The van der Waals surface area contributed by atoms with Gasteiger partial charge in [-0.25, -0.2) is 9.18 Å². The van der Waals surface area contributed by atoms with Gasteiger partial charge >= 0.3 is 12.2 Å². The summed E-state index contributed by atoms with van der Waals surface area (Å²) in [5, 5.41) is 4.63. The number of amides is 2. The second-order valence-corrected chi connectivity index (χ2v) is 5.28. The number of hydrogen-bond acceptors (Lipinski definition) is 2. The van der Waals surface area contributed by atoms with Crippen LogP contribution in [0, 0.1) is 5.82 Å². The number of ether oxygens (including phenoxy) is 1. The standard InChI is InChI=1S/C16H13ClF4N2O2/c17-13-6-1-10(16(19,20)21)9-14(13)23-15(24)22-7-8-25-12-4-2-11(18)3-5-12/h1-6,9H,7-8H2,(H2,22,23,24). The summed E-state index contributed by atoms with van der Waals surface area (Å²) < 4.78 is 56.0. The van der Waals surface area contributed by atoms with Gasteiger partial charge in [0.05, 0.1) is 22.8 Å². The summed E-state index contributed by atoms with van der Waals surface area (Å²) in [6.45, 7) is 0.176. The molecule has 2 N–H and O–H groups in total. The molecule has 0 aliphatic carbocycles. The topological polar surface area (TPSA) is 50.4 Å². The molecule has 0 saturated heterocycles. The lowest BCUT2D eigenvalue weighted by molar-refractivity contribution is -0.137. The summed E-state index contributed by atoms with van der Waals surface area (Å²) >= 11 is 5.78. The number of benzene rings is 2. The number of carbonyl (C=O) groups excluding carboxylic acids is 1. The minimum atomic E-state index is -4.54. The molecule has 0 aliphatic heterocycles. The van der Waals surface area contributed by atoms with E-state index < -0.39 is 23.6 Å². The maximum Gasteiger partial charge on any atom is 0.416 e. The van der Waals surface area contributed by atoms with Crippen LogP contribution in [0.1, 0.15) is 5.56 Å². The highest BCUT2D eigenvalue weighted by atomic mass is 35.5. The van der Waals surface area contributed by atoms with E-state index in [1.807, 2.05) is 0 Å². The van der Waals surface area contributed by atoms with Crippen molar-refractivity contribution < 1.29 is 27.1 Å². The van der Waals surface area contributed by atoms with E-state index in [9.17, 15) is 22.4 Å². The molecule has 0 spiro atoms.